The number of nitrogens with zero attached hydrogens (tertiary/aromatic N) is 1. The summed E-state index contributed by atoms with van der Waals surface area (Å²) in [6.45, 7) is 2.60. The van der Waals surface area contributed by atoms with E-state index >= 15 is 0 Å². The molecule has 0 spiro atoms. The Labute approximate surface area is 141 Å². The number of benzene rings is 2. The molecule has 1 aliphatic rings. The highest BCUT2D eigenvalue weighted by Crippen LogP contribution is 2.30. The van der Waals surface area contributed by atoms with E-state index in [0.717, 1.165) is 11.1 Å². The lowest BCUT2D eigenvalue weighted by molar-refractivity contribution is -0.135. The average Bonchev–Trinajstić information content (AvgIpc) is 2.61. The van der Waals surface area contributed by atoms with Gasteiger partial charge in [0.05, 0.1) is 13.2 Å². The van der Waals surface area contributed by atoms with Gasteiger partial charge >= 0.3 is 0 Å². The smallest absolute Gasteiger partial charge is 0.223 e. The number of hydrogen-bond acceptors (Lipinski definition) is 2. The molecule has 3 rings (SSSR count). The van der Waals surface area contributed by atoms with Crippen LogP contribution in [0.5, 0.6) is 0 Å². The van der Waals surface area contributed by atoms with Gasteiger partial charge in [-0.1, -0.05) is 54.1 Å². The van der Waals surface area contributed by atoms with Crippen LogP contribution in [0.3, 0.4) is 0 Å². The van der Waals surface area contributed by atoms with Gasteiger partial charge in [0, 0.05) is 30.5 Å². The minimum Gasteiger partial charge on any atom is -0.378 e. The molecule has 1 unspecified atom stereocenters. The summed E-state index contributed by atoms with van der Waals surface area (Å²) in [6, 6.07) is 17.9. The third-order valence-corrected chi connectivity index (χ3v) is 4.43. The molecule has 1 aliphatic heterocycles. The maximum atomic E-state index is 12.7. The number of carbonyl (C=O) groups is 1. The van der Waals surface area contributed by atoms with Crippen LogP contribution in [-0.2, 0) is 9.53 Å². The maximum Gasteiger partial charge on any atom is 0.223 e. The highest BCUT2D eigenvalue weighted by molar-refractivity contribution is 6.30. The fraction of sp³-hybridized carbons (Fsp3) is 0.316. The molecule has 1 heterocycles. The molecule has 120 valence electrons. The molecule has 1 amide bonds. The number of rotatable bonds is 4. The fourth-order valence-electron chi connectivity index (χ4n) is 2.95. The zero-order chi connectivity index (χ0) is 16.1. The molecule has 0 aliphatic carbocycles. The molecule has 0 aromatic heterocycles. The highest BCUT2D eigenvalue weighted by atomic mass is 35.5. The number of morpholine rings is 1. The molecule has 0 bridgehead atoms. The van der Waals surface area contributed by atoms with Gasteiger partial charge in [-0.15, -0.1) is 0 Å². The van der Waals surface area contributed by atoms with Gasteiger partial charge in [-0.05, 0) is 23.3 Å². The molecule has 2 aromatic rings. The molecule has 23 heavy (non-hydrogen) atoms. The van der Waals surface area contributed by atoms with Crippen LogP contribution >= 0.6 is 11.6 Å². The summed E-state index contributed by atoms with van der Waals surface area (Å²) in [4.78, 5) is 14.6. The minimum absolute atomic E-state index is 0.0187. The van der Waals surface area contributed by atoms with Crippen molar-refractivity contribution < 1.29 is 9.53 Å². The van der Waals surface area contributed by atoms with Gasteiger partial charge in [-0.2, -0.15) is 0 Å². The van der Waals surface area contributed by atoms with Crippen molar-refractivity contribution in [1.82, 2.24) is 4.90 Å². The first-order valence-electron chi connectivity index (χ1n) is 7.90. The molecular formula is C19H20ClNO2. The zero-order valence-electron chi connectivity index (χ0n) is 13.0. The monoisotopic (exact) mass is 329 g/mol. The third kappa shape index (κ3) is 4.12. The second-order valence-corrected chi connectivity index (χ2v) is 6.15. The SMILES string of the molecule is O=C(CC(c1ccccc1)c1cccc(Cl)c1)N1CCOCC1. The van der Waals surface area contributed by atoms with E-state index in [1.807, 2.05) is 47.4 Å². The van der Waals surface area contributed by atoms with E-state index in [1.54, 1.807) is 0 Å². The van der Waals surface area contributed by atoms with Crippen molar-refractivity contribution >= 4 is 17.5 Å². The molecule has 0 N–H and O–H groups in total. The van der Waals surface area contributed by atoms with Crippen LogP contribution in [0, 0.1) is 0 Å². The second-order valence-electron chi connectivity index (χ2n) is 5.72. The predicted octanol–water partition coefficient (Wildman–Crippen LogP) is 3.72. The lowest BCUT2D eigenvalue weighted by Gasteiger charge is -2.29. The molecule has 4 heteroatoms. The van der Waals surface area contributed by atoms with Crippen molar-refractivity contribution in [3.63, 3.8) is 0 Å². The first-order chi connectivity index (χ1) is 11.2. The molecule has 0 radical (unpaired) electrons. The van der Waals surface area contributed by atoms with Crippen molar-refractivity contribution in [1.29, 1.82) is 0 Å². The third-order valence-electron chi connectivity index (χ3n) is 4.20. The van der Waals surface area contributed by atoms with E-state index in [1.165, 1.54) is 0 Å². The van der Waals surface area contributed by atoms with Crippen LogP contribution in [0.25, 0.3) is 0 Å². The van der Waals surface area contributed by atoms with Crippen LogP contribution in [0.15, 0.2) is 54.6 Å². The number of hydrogen-bond donors (Lipinski definition) is 0. The summed E-state index contributed by atoms with van der Waals surface area (Å²) < 4.78 is 5.33. The summed E-state index contributed by atoms with van der Waals surface area (Å²) in [5, 5.41) is 0.697. The van der Waals surface area contributed by atoms with Gasteiger partial charge in [0.15, 0.2) is 0 Å². The summed E-state index contributed by atoms with van der Waals surface area (Å²) in [6.07, 6.45) is 0.449. The standard InChI is InChI=1S/C19H20ClNO2/c20-17-8-4-7-16(13-17)18(15-5-2-1-3-6-15)14-19(22)21-9-11-23-12-10-21/h1-8,13,18H,9-12,14H2. The Morgan fingerprint density at radius 3 is 2.43 bits per heavy atom. The summed E-state index contributed by atoms with van der Waals surface area (Å²) in [5.74, 6) is 0.187. The van der Waals surface area contributed by atoms with Gasteiger partial charge in [0.1, 0.15) is 0 Å². The molecule has 1 fully saturated rings. The number of amides is 1. The normalized spacial score (nSPS) is 16.1. The Morgan fingerprint density at radius 1 is 1.04 bits per heavy atom. The first-order valence-corrected chi connectivity index (χ1v) is 8.28. The largest absolute Gasteiger partial charge is 0.378 e. The lowest BCUT2D eigenvalue weighted by atomic mass is 9.88. The Bertz CT molecular complexity index is 653. The molecule has 1 atom stereocenters. The maximum absolute atomic E-state index is 12.7. The van der Waals surface area contributed by atoms with E-state index in [9.17, 15) is 4.79 Å². The van der Waals surface area contributed by atoms with Crippen LogP contribution in [0.1, 0.15) is 23.5 Å². The summed E-state index contributed by atoms with van der Waals surface area (Å²) in [5.41, 5.74) is 2.21. The quantitative estimate of drug-likeness (QED) is 0.855. The van der Waals surface area contributed by atoms with Gasteiger partial charge in [0.2, 0.25) is 5.91 Å². The van der Waals surface area contributed by atoms with Crippen molar-refractivity contribution in [3.8, 4) is 0 Å². The van der Waals surface area contributed by atoms with Crippen molar-refractivity contribution in [2.75, 3.05) is 26.3 Å². The zero-order valence-corrected chi connectivity index (χ0v) is 13.7. The molecule has 0 saturated carbocycles. The highest BCUT2D eigenvalue weighted by Gasteiger charge is 2.23. The van der Waals surface area contributed by atoms with Crippen LogP contribution < -0.4 is 0 Å². The van der Waals surface area contributed by atoms with Crippen LogP contribution in [0.4, 0.5) is 0 Å². The number of halogens is 1. The van der Waals surface area contributed by atoms with Gasteiger partial charge in [0.25, 0.3) is 0 Å². The Hall–Kier alpha value is -1.84. The minimum atomic E-state index is 0.0187. The number of ether oxygens (including phenoxy) is 1. The first kappa shape index (κ1) is 16.0. The summed E-state index contributed by atoms with van der Waals surface area (Å²) in [7, 11) is 0. The van der Waals surface area contributed by atoms with Crippen molar-refractivity contribution in [2.24, 2.45) is 0 Å². The Kier molecular flexibility index (Phi) is 5.31. The molecule has 2 aromatic carbocycles. The lowest BCUT2D eigenvalue weighted by Crippen LogP contribution is -2.41. The Morgan fingerprint density at radius 2 is 1.74 bits per heavy atom. The predicted molar refractivity (Wildman–Crippen MR) is 91.8 cm³/mol. The molecular weight excluding hydrogens is 310 g/mol. The van der Waals surface area contributed by atoms with Gasteiger partial charge < -0.3 is 9.64 Å². The van der Waals surface area contributed by atoms with E-state index in [2.05, 4.69) is 12.1 Å². The Balaban J connectivity index is 1.85. The van der Waals surface area contributed by atoms with E-state index in [0.29, 0.717) is 37.7 Å². The van der Waals surface area contributed by atoms with E-state index in [4.69, 9.17) is 16.3 Å². The van der Waals surface area contributed by atoms with E-state index < -0.39 is 0 Å². The topological polar surface area (TPSA) is 29.5 Å². The van der Waals surface area contributed by atoms with Gasteiger partial charge in [-0.25, -0.2) is 0 Å². The van der Waals surface area contributed by atoms with Crippen LogP contribution in [0.2, 0.25) is 5.02 Å². The van der Waals surface area contributed by atoms with Crippen LogP contribution in [-0.4, -0.2) is 37.1 Å². The van der Waals surface area contributed by atoms with Crippen molar-refractivity contribution in [3.05, 3.63) is 70.7 Å². The van der Waals surface area contributed by atoms with E-state index in [-0.39, 0.29) is 11.8 Å². The molecule has 3 nitrogen and oxygen atoms in total. The molecule has 1 saturated heterocycles. The number of carbonyl (C=O) groups excluding carboxylic acids is 1. The van der Waals surface area contributed by atoms with Gasteiger partial charge in [-0.3, -0.25) is 4.79 Å². The van der Waals surface area contributed by atoms with Crippen molar-refractivity contribution in [2.45, 2.75) is 12.3 Å². The fourth-order valence-corrected chi connectivity index (χ4v) is 3.15. The average molecular weight is 330 g/mol. The summed E-state index contributed by atoms with van der Waals surface area (Å²) >= 11 is 6.15. The second kappa shape index (κ2) is 7.62.